The Labute approximate surface area is 368 Å². The molecule has 0 bridgehead atoms. The first-order valence-electron chi connectivity index (χ1n) is 23.1. The van der Waals surface area contributed by atoms with Crippen molar-refractivity contribution in [3.05, 3.63) is 154 Å². The van der Waals surface area contributed by atoms with Gasteiger partial charge in [-0.1, -0.05) is 128 Å². The molecule has 0 spiro atoms. The molecule has 5 aromatic carbocycles. The normalized spacial score (nSPS) is 15.5. The van der Waals surface area contributed by atoms with Crippen LogP contribution in [0.1, 0.15) is 112 Å². The third-order valence-electron chi connectivity index (χ3n) is 12.1. The summed E-state index contributed by atoms with van der Waals surface area (Å²) in [7, 11) is -1.43. The van der Waals surface area contributed by atoms with Gasteiger partial charge in [0.2, 0.25) is 0 Å². The van der Waals surface area contributed by atoms with Crippen molar-refractivity contribution in [1.82, 2.24) is 14.5 Å². The Morgan fingerprint density at radius 2 is 1.57 bits per heavy atom. The van der Waals surface area contributed by atoms with Gasteiger partial charge in [0.1, 0.15) is 0 Å². The van der Waals surface area contributed by atoms with Crippen LogP contribution in [-0.2, 0) is 38.4 Å². The van der Waals surface area contributed by atoms with Gasteiger partial charge in [0.25, 0.3) is 0 Å². The number of aryl methyl sites for hydroxylation is 1. The monoisotopic (exact) mass is 961 g/mol. The van der Waals surface area contributed by atoms with Crippen LogP contribution in [0.3, 0.4) is 0 Å². The van der Waals surface area contributed by atoms with Crippen LogP contribution in [0.4, 0.5) is 0 Å². The van der Waals surface area contributed by atoms with E-state index in [1.165, 1.54) is 76.0 Å². The first-order valence-corrected chi connectivity index (χ1v) is 24.1. The Bertz CT molecular complexity index is 2780. The molecule has 2 aromatic heterocycles. The number of rotatable bonds is 6. The van der Waals surface area contributed by atoms with Crippen LogP contribution in [0.2, 0.25) is 19.6 Å². The summed E-state index contributed by atoms with van der Waals surface area (Å²) in [5.41, 5.74) is 16.9. The zero-order valence-electron chi connectivity index (χ0n) is 40.3. The maximum Gasteiger partial charge on any atom is 0.0795 e. The predicted molar refractivity (Wildman–Crippen MR) is 244 cm³/mol. The van der Waals surface area contributed by atoms with Crippen LogP contribution < -0.4 is 5.19 Å². The predicted octanol–water partition coefficient (Wildman–Crippen LogP) is 13.3. The Morgan fingerprint density at radius 3 is 2.24 bits per heavy atom. The molecule has 58 heavy (non-hydrogen) atoms. The third kappa shape index (κ3) is 7.62. The summed E-state index contributed by atoms with van der Waals surface area (Å²) in [6.07, 6.45) is 6.78. The van der Waals surface area contributed by atoms with E-state index in [1.807, 2.05) is 18.3 Å². The van der Waals surface area contributed by atoms with E-state index in [1.54, 1.807) is 11.1 Å². The van der Waals surface area contributed by atoms with Crippen LogP contribution in [-0.4, -0.2) is 22.6 Å². The summed E-state index contributed by atoms with van der Waals surface area (Å²) < 4.78 is 40.3. The fraction of sp³-hybridized carbons (Fsp3) is 0.321. The minimum atomic E-state index is -2.47. The smallest absolute Gasteiger partial charge is 0.0795 e. The fourth-order valence-electron chi connectivity index (χ4n) is 8.83. The summed E-state index contributed by atoms with van der Waals surface area (Å²) in [6, 6.07) is 36.2. The number of aromatic nitrogens is 3. The maximum absolute atomic E-state index is 7.88. The molecule has 0 aliphatic heterocycles. The van der Waals surface area contributed by atoms with Crippen molar-refractivity contribution in [1.29, 1.82) is 0 Å². The van der Waals surface area contributed by atoms with Crippen LogP contribution >= 0.6 is 0 Å². The maximum atomic E-state index is 7.88. The third-order valence-corrected chi connectivity index (χ3v) is 14.1. The summed E-state index contributed by atoms with van der Waals surface area (Å²) in [6.45, 7) is 18.2. The van der Waals surface area contributed by atoms with Crippen molar-refractivity contribution in [3.63, 3.8) is 0 Å². The Balaban J connectivity index is 0.000000221. The second-order valence-electron chi connectivity index (χ2n) is 18.0. The summed E-state index contributed by atoms with van der Waals surface area (Å²) in [5.74, 6) is 1.77. The van der Waals surface area contributed by atoms with Gasteiger partial charge in [-0.15, -0.1) is 64.7 Å². The van der Waals surface area contributed by atoms with Crippen molar-refractivity contribution < 1.29 is 27.0 Å². The second kappa shape index (κ2) is 16.3. The molecule has 5 heteroatoms. The van der Waals surface area contributed by atoms with Gasteiger partial charge in [-0.25, -0.2) is 0 Å². The number of hydrogen-bond acceptors (Lipinski definition) is 2. The first kappa shape index (κ1) is 35.5. The van der Waals surface area contributed by atoms with E-state index < -0.39 is 14.9 Å². The van der Waals surface area contributed by atoms with Crippen LogP contribution in [0, 0.1) is 19.0 Å². The van der Waals surface area contributed by atoms with E-state index in [0.717, 1.165) is 22.4 Å². The standard InChI is InChI=1S/C38H39N2.C15H18NSi.Ir/c1-23(2)27-14-11-15-28(24(3)4)36(27)40-34-17-10-9-16-33(34)39-37(40)26-19-20-31-30(22-26)35-29-13-8-7-12-25(29)18-21-32(35)38(31,5)6;1-12-5-7-13(8-6-12)15-10-9-14(11-16-15)17(2,3)4;/h9-11,14-18,20-24H,7-8,12-13H2,1-6H3;5-7,9-11H,1-4H3;/q2*-1;/i;1D3,5D,6D;. The quantitative estimate of drug-likeness (QED) is 0.123. The summed E-state index contributed by atoms with van der Waals surface area (Å²) in [5, 5.41) is 1.22. The molecule has 0 unspecified atom stereocenters. The van der Waals surface area contributed by atoms with Gasteiger partial charge in [0.05, 0.1) is 24.9 Å². The SMILES string of the molecule is CC(C)c1cccc(C(C)C)c1-n1c(-c2[c-]cc3c(c2)-c2c(ccc4c2CCCC4)C3(C)C)nc2ccccc21.[2H]c1[c-]c(-c2ccc([Si](C)(C)C)cn2)cc([2H])c1C([2H])([2H])[2H].[Ir]. The van der Waals surface area contributed by atoms with E-state index in [4.69, 9.17) is 11.8 Å². The van der Waals surface area contributed by atoms with Gasteiger partial charge in [-0.2, -0.15) is 0 Å². The molecule has 0 N–H and O–H groups in total. The first-order chi connectivity index (χ1) is 29.3. The number of hydrogen-bond donors (Lipinski definition) is 0. The minimum absolute atomic E-state index is 0. The van der Waals surface area contributed by atoms with Crippen molar-refractivity contribution in [3.8, 4) is 39.5 Å². The van der Waals surface area contributed by atoms with E-state index in [-0.39, 0.29) is 43.2 Å². The van der Waals surface area contributed by atoms with Crippen LogP contribution in [0.15, 0.2) is 103 Å². The Morgan fingerprint density at radius 1 is 0.828 bits per heavy atom. The second-order valence-corrected chi connectivity index (χ2v) is 23.1. The fourth-order valence-corrected chi connectivity index (χ4v) is 9.87. The van der Waals surface area contributed by atoms with E-state index in [9.17, 15) is 0 Å². The molecular weight excluding hydrogens is 899 g/mol. The molecule has 7 aromatic rings. The molecule has 2 aliphatic carbocycles. The van der Waals surface area contributed by atoms with Crippen molar-refractivity contribution in [2.24, 2.45) is 0 Å². The zero-order valence-corrected chi connectivity index (χ0v) is 38.7. The minimum Gasteiger partial charge on any atom is -0.333 e. The molecule has 1 radical (unpaired) electrons. The van der Waals surface area contributed by atoms with Crippen molar-refractivity contribution in [2.75, 3.05) is 0 Å². The van der Waals surface area contributed by atoms with Gasteiger partial charge < -0.3 is 9.55 Å². The van der Waals surface area contributed by atoms with Crippen molar-refractivity contribution >= 4 is 24.3 Å². The molecule has 0 atom stereocenters. The zero-order chi connectivity index (χ0) is 44.5. The number of benzene rings is 5. The largest absolute Gasteiger partial charge is 0.333 e. The molecule has 0 fully saturated rings. The molecule has 2 aliphatic rings. The van der Waals surface area contributed by atoms with Gasteiger partial charge in [-0.3, -0.25) is 4.98 Å². The van der Waals surface area contributed by atoms with Crippen molar-refractivity contribution in [2.45, 2.75) is 111 Å². The number of para-hydroxylation sites is 3. The molecule has 0 saturated carbocycles. The average Bonchev–Trinajstić information content (AvgIpc) is 3.71. The number of nitrogens with zero attached hydrogens (tertiary/aromatic N) is 3. The van der Waals surface area contributed by atoms with Gasteiger partial charge in [0, 0.05) is 38.8 Å². The van der Waals surface area contributed by atoms with Gasteiger partial charge in [-0.05, 0) is 99.3 Å². The molecule has 9 rings (SSSR count). The Hall–Kier alpha value is -4.41. The summed E-state index contributed by atoms with van der Waals surface area (Å²) >= 11 is 0. The van der Waals surface area contributed by atoms with Gasteiger partial charge in [0.15, 0.2) is 0 Å². The van der Waals surface area contributed by atoms with E-state index in [2.05, 4.69) is 150 Å². The van der Waals surface area contributed by atoms with Crippen LogP contribution in [0.25, 0.3) is 50.5 Å². The summed E-state index contributed by atoms with van der Waals surface area (Å²) in [4.78, 5) is 9.68. The average molecular weight is 961 g/mol. The molecule has 0 amide bonds. The van der Waals surface area contributed by atoms with E-state index >= 15 is 0 Å². The molecule has 299 valence electrons. The number of imidazole rings is 1. The van der Waals surface area contributed by atoms with Crippen LogP contribution in [0.5, 0.6) is 0 Å². The molecule has 3 nitrogen and oxygen atoms in total. The number of fused-ring (bicyclic) bond motifs is 6. The van der Waals surface area contributed by atoms with Gasteiger partial charge >= 0.3 is 0 Å². The Kier molecular flexibility index (Phi) is 10.00. The number of pyridine rings is 1. The van der Waals surface area contributed by atoms with E-state index in [0.29, 0.717) is 23.1 Å². The topological polar surface area (TPSA) is 30.7 Å². The molecule has 0 saturated heterocycles. The molecule has 2 heterocycles. The molecular formula is C53H57IrN3Si-2.